The Hall–Kier alpha value is -2.41. The lowest BCUT2D eigenvalue weighted by molar-refractivity contribution is -0.141. The Morgan fingerprint density at radius 1 is 1.33 bits per heavy atom. The largest absolute Gasteiger partial charge is 0.492 e. The summed E-state index contributed by atoms with van der Waals surface area (Å²) in [6.45, 7) is 0.433. The standard InChI is InChI=1S/C14H15N3O4/c15-16-12(18)8-2-1-3-9(6-8)21-5-4-17-13(19)10-7-11(10)14(17)20/h1-3,6,10-11H,4-5,7,15H2,(H,16,18). The number of hydrogen-bond donors (Lipinski definition) is 2. The SMILES string of the molecule is NNC(=O)c1cccc(OCCN2C(=O)C3CC3C2=O)c1. The van der Waals surface area contributed by atoms with Gasteiger partial charge in [0.05, 0.1) is 18.4 Å². The summed E-state index contributed by atoms with van der Waals surface area (Å²) >= 11 is 0. The molecule has 2 atom stereocenters. The molecule has 1 aromatic carbocycles. The van der Waals surface area contributed by atoms with E-state index in [4.69, 9.17) is 10.6 Å². The molecular weight excluding hydrogens is 274 g/mol. The van der Waals surface area contributed by atoms with E-state index in [1.807, 2.05) is 5.43 Å². The zero-order valence-corrected chi connectivity index (χ0v) is 11.2. The molecule has 1 aromatic rings. The van der Waals surface area contributed by atoms with E-state index >= 15 is 0 Å². The number of ether oxygens (including phenoxy) is 1. The number of nitrogen functional groups attached to an aromatic ring is 1. The highest BCUT2D eigenvalue weighted by Crippen LogP contribution is 2.46. The number of benzene rings is 1. The van der Waals surface area contributed by atoms with Crippen LogP contribution in [0.5, 0.6) is 5.75 Å². The number of carbonyl (C=O) groups is 3. The number of fused-ring (bicyclic) bond motifs is 1. The summed E-state index contributed by atoms with van der Waals surface area (Å²) in [4.78, 5) is 36.2. The number of nitrogens with zero attached hydrogens (tertiary/aromatic N) is 1. The molecule has 1 heterocycles. The highest BCUT2D eigenvalue weighted by Gasteiger charge is 2.58. The second-order valence-electron chi connectivity index (χ2n) is 5.13. The van der Waals surface area contributed by atoms with Crippen LogP contribution in [0.2, 0.25) is 0 Å². The predicted octanol–water partition coefficient (Wildman–Crippen LogP) is -0.326. The quantitative estimate of drug-likeness (QED) is 0.334. The molecule has 110 valence electrons. The first-order chi connectivity index (χ1) is 10.1. The molecule has 1 saturated heterocycles. The fraction of sp³-hybridized carbons (Fsp3) is 0.357. The highest BCUT2D eigenvalue weighted by atomic mass is 16.5. The average Bonchev–Trinajstić information content (AvgIpc) is 3.26. The molecule has 0 spiro atoms. The molecule has 0 aromatic heterocycles. The Bertz CT molecular complexity index is 596. The number of amides is 3. The second kappa shape index (κ2) is 5.17. The molecule has 0 bridgehead atoms. The number of hydrogen-bond acceptors (Lipinski definition) is 5. The normalized spacial score (nSPS) is 23.0. The van der Waals surface area contributed by atoms with Gasteiger partial charge in [0.25, 0.3) is 5.91 Å². The number of hydrazine groups is 1. The van der Waals surface area contributed by atoms with Crippen LogP contribution >= 0.6 is 0 Å². The van der Waals surface area contributed by atoms with Crippen LogP contribution in [0, 0.1) is 11.8 Å². The minimum atomic E-state index is -0.412. The molecule has 0 radical (unpaired) electrons. The van der Waals surface area contributed by atoms with E-state index in [9.17, 15) is 14.4 Å². The maximum absolute atomic E-state index is 11.8. The van der Waals surface area contributed by atoms with Crippen molar-refractivity contribution in [2.24, 2.45) is 17.7 Å². The van der Waals surface area contributed by atoms with Gasteiger partial charge in [-0.3, -0.25) is 24.7 Å². The topological polar surface area (TPSA) is 102 Å². The van der Waals surface area contributed by atoms with Gasteiger partial charge in [-0.15, -0.1) is 0 Å². The number of nitrogens with one attached hydrogen (secondary N) is 1. The van der Waals surface area contributed by atoms with E-state index in [0.717, 1.165) is 0 Å². The van der Waals surface area contributed by atoms with Gasteiger partial charge < -0.3 is 4.74 Å². The monoisotopic (exact) mass is 289 g/mol. The van der Waals surface area contributed by atoms with Gasteiger partial charge in [0.1, 0.15) is 12.4 Å². The van der Waals surface area contributed by atoms with Crippen LogP contribution in [0.3, 0.4) is 0 Å². The molecule has 3 N–H and O–H groups in total. The summed E-state index contributed by atoms with van der Waals surface area (Å²) in [7, 11) is 0. The Balaban J connectivity index is 1.55. The lowest BCUT2D eigenvalue weighted by atomic mass is 10.2. The van der Waals surface area contributed by atoms with Crippen molar-refractivity contribution < 1.29 is 19.1 Å². The first kappa shape index (κ1) is 13.6. The molecule has 2 fully saturated rings. The van der Waals surface area contributed by atoms with E-state index in [1.165, 1.54) is 4.90 Å². The minimum Gasteiger partial charge on any atom is -0.492 e. The van der Waals surface area contributed by atoms with E-state index < -0.39 is 5.91 Å². The molecule has 1 aliphatic carbocycles. The van der Waals surface area contributed by atoms with Crippen LogP contribution < -0.4 is 16.0 Å². The zero-order chi connectivity index (χ0) is 15.0. The number of carbonyl (C=O) groups excluding carboxylic acids is 3. The van der Waals surface area contributed by atoms with Gasteiger partial charge in [-0.25, -0.2) is 5.84 Å². The molecule has 7 nitrogen and oxygen atoms in total. The van der Waals surface area contributed by atoms with Gasteiger partial charge in [0, 0.05) is 5.56 Å². The summed E-state index contributed by atoms with van der Waals surface area (Å²) in [5, 5.41) is 0. The summed E-state index contributed by atoms with van der Waals surface area (Å²) in [5.74, 6) is 4.77. The molecule has 1 saturated carbocycles. The van der Waals surface area contributed by atoms with Gasteiger partial charge >= 0.3 is 0 Å². The molecule has 7 heteroatoms. The molecule has 3 amide bonds. The number of nitrogens with two attached hydrogens (primary N) is 1. The van der Waals surface area contributed by atoms with Crippen LogP contribution in [0.25, 0.3) is 0 Å². The molecule has 2 unspecified atom stereocenters. The van der Waals surface area contributed by atoms with Crippen molar-refractivity contribution in [3.8, 4) is 5.75 Å². The number of likely N-dealkylation sites (tertiary alicyclic amines) is 1. The fourth-order valence-electron chi connectivity index (χ4n) is 2.54. The van der Waals surface area contributed by atoms with Crippen LogP contribution in [0.1, 0.15) is 16.8 Å². The third-order valence-corrected chi connectivity index (χ3v) is 3.77. The van der Waals surface area contributed by atoms with Crippen LogP contribution in [0.15, 0.2) is 24.3 Å². The van der Waals surface area contributed by atoms with E-state index in [-0.39, 0.29) is 36.8 Å². The van der Waals surface area contributed by atoms with Gasteiger partial charge in [0.15, 0.2) is 0 Å². The van der Waals surface area contributed by atoms with Gasteiger partial charge in [-0.2, -0.15) is 0 Å². The van der Waals surface area contributed by atoms with Crippen molar-refractivity contribution >= 4 is 17.7 Å². The number of piperidine rings is 1. The summed E-state index contributed by atoms with van der Waals surface area (Å²) in [6.07, 6.45) is 0.700. The third kappa shape index (κ3) is 2.47. The van der Waals surface area contributed by atoms with Gasteiger partial charge in [0.2, 0.25) is 11.8 Å². The second-order valence-corrected chi connectivity index (χ2v) is 5.13. The van der Waals surface area contributed by atoms with Crippen molar-refractivity contribution in [2.75, 3.05) is 13.2 Å². The maximum Gasteiger partial charge on any atom is 0.265 e. The number of rotatable bonds is 5. The molecule has 21 heavy (non-hydrogen) atoms. The van der Waals surface area contributed by atoms with Crippen LogP contribution in [0.4, 0.5) is 0 Å². The molecule has 2 aliphatic rings. The third-order valence-electron chi connectivity index (χ3n) is 3.77. The van der Waals surface area contributed by atoms with Crippen LogP contribution in [-0.4, -0.2) is 35.8 Å². The Labute approximate surface area is 121 Å². The summed E-state index contributed by atoms with van der Waals surface area (Å²) in [5.41, 5.74) is 2.42. The van der Waals surface area contributed by atoms with Crippen molar-refractivity contribution in [1.29, 1.82) is 0 Å². The minimum absolute atomic E-state index is 0.0888. The van der Waals surface area contributed by atoms with Crippen molar-refractivity contribution in [3.05, 3.63) is 29.8 Å². The molecule has 3 rings (SSSR count). The molecular formula is C14H15N3O4. The first-order valence-electron chi connectivity index (χ1n) is 6.71. The van der Waals surface area contributed by atoms with Crippen molar-refractivity contribution in [3.63, 3.8) is 0 Å². The van der Waals surface area contributed by atoms with Crippen molar-refractivity contribution in [1.82, 2.24) is 10.3 Å². The predicted molar refractivity (Wildman–Crippen MR) is 71.9 cm³/mol. The highest BCUT2D eigenvalue weighted by molar-refractivity contribution is 6.08. The van der Waals surface area contributed by atoms with E-state index in [2.05, 4.69) is 0 Å². The Kier molecular flexibility index (Phi) is 3.34. The maximum atomic E-state index is 11.8. The number of imide groups is 1. The Morgan fingerprint density at radius 2 is 2.05 bits per heavy atom. The van der Waals surface area contributed by atoms with Crippen LogP contribution in [-0.2, 0) is 9.59 Å². The fourth-order valence-corrected chi connectivity index (χ4v) is 2.54. The lowest BCUT2D eigenvalue weighted by Gasteiger charge is -2.16. The summed E-state index contributed by atoms with van der Waals surface area (Å²) in [6, 6.07) is 6.52. The smallest absolute Gasteiger partial charge is 0.265 e. The van der Waals surface area contributed by atoms with Gasteiger partial charge in [-0.1, -0.05) is 6.07 Å². The molecule has 1 aliphatic heterocycles. The van der Waals surface area contributed by atoms with Gasteiger partial charge in [-0.05, 0) is 24.6 Å². The summed E-state index contributed by atoms with van der Waals surface area (Å²) < 4.78 is 5.48. The Morgan fingerprint density at radius 3 is 2.71 bits per heavy atom. The lowest BCUT2D eigenvalue weighted by Crippen LogP contribution is -2.36. The van der Waals surface area contributed by atoms with E-state index in [0.29, 0.717) is 17.7 Å². The van der Waals surface area contributed by atoms with Crippen molar-refractivity contribution in [2.45, 2.75) is 6.42 Å². The first-order valence-corrected chi connectivity index (χ1v) is 6.71. The average molecular weight is 289 g/mol. The zero-order valence-electron chi connectivity index (χ0n) is 11.2. The van der Waals surface area contributed by atoms with E-state index in [1.54, 1.807) is 24.3 Å².